The first kappa shape index (κ1) is 18.1. The van der Waals surface area contributed by atoms with Gasteiger partial charge in [-0.2, -0.15) is 9.29 Å². The molecule has 9 heteroatoms. The van der Waals surface area contributed by atoms with Gasteiger partial charge in [-0.25, -0.2) is 13.2 Å². The first-order chi connectivity index (χ1) is 11.4. The van der Waals surface area contributed by atoms with Gasteiger partial charge in [0.2, 0.25) is 10.0 Å². The average molecular weight is 353 g/mol. The van der Waals surface area contributed by atoms with Crippen LogP contribution < -0.4 is 0 Å². The Bertz CT molecular complexity index is 812. The summed E-state index contributed by atoms with van der Waals surface area (Å²) in [6, 6.07) is 5.74. The van der Waals surface area contributed by atoms with E-state index in [1.165, 1.54) is 28.6 Å². The fourth-order valence-corrected chi connectivity index (χ4v) is 3.61. The van der Waals surface area contributed by atoms with Gasteiger partial charge in [0.25, 0.3) is 5.89 Å². The smallest absolute Gasteiger partial charge is 0.338 e. The fraction of sp³-hybridized carbons (Fsp3) is 0.400. The zero-order chi connectivity index (χ0) is 17.7. The number of aromatic nitrogens is 2. The molecule has 0 bridgehead atoms. The molecule has 0 unspecified atom stereocenters. The van der Waals surface area contributed by atoms with Crippen LogP contribution in [0, 0.1) is 6.92 Å². The van der Waals surface area contributed by atoms with Crippen molar-refractivity contribution < 1.29 is 22.5 Å². The van der Waals surface area contributed by atoms with Crippen LogP contribution in [0.4, 0.5) is 0 Å². The molecule has 0 aliphatic heterocycles. The minimum absolute atomic E-state index is 0.0503. The largest absolute Gasteiger partial charge is 0.452 e. The highest BCUT2D eigenvalue weighted by Crippen LogP contribution is 2.17. The third kappa shape index (κ3) is 3.98. The van der Waals surface area contributed by atoms with Gasteiger partial charge in [0.15, 0.2) is 12.4 Å². The summed E-state index contributed by atoms with van der Waals surface area (Å²) in [5, 5.41) is 3.59. The minimum Gasteiger partial charge on any atom is -0.452 e. The fourth-order valence-electron chi connectivity index (χ4n) is 2.11. The maximum atomic E-state index is 12.5. The number of benzene rings is 1. The molecule has 1 heterocycles. The van der Waals surface area contributed by atoms with Crippen molar-refractivity contribution in [2.75, 3.05) is 13.1 Å². The van der Waals surface area contributed by atoms with Crippen molar-refractivity contribution in [2.24, 2.45) is 0 Å². The number of aryl methyl sites for hydroxylation is 1. The topological polar surface area (TPSA) is 103 Å². The third-order valence-electron chi connectivity index (χ3n) is 3.31. The number of nitrogens with zero attached hydrogens (tertiary/aromatic N) is 3. The molecule has 0 aliphatic carbocycles. The molecule has 0 spiro atoms. The second kappa shape index (κ2) is 7.54. The minimum atomic E-state index is -3.64. The molecular weight excluding hydrogens is 334 g/mol. The second-order valence-corrected chi connectivity index (χ2v) is 6.87. The van der Waals surface area contributed by atoms with Crippen LogP contribution >= 0.6 is 0 Å². The van der Waals surface area contributed by atoms with Crippen LogP contribution in [0.3, 0.4) is 0 Å². The summed E-state index contributed by atoms with van der Waals surface area (Å²) >= 11 is 0. The van der Waals surface area contributed by atoms with Gasteiger partial charge in [-0.1, -0.05) is 25.1 Å². The van der Waals surface area contributed by atoms with Gasteiger partial charge in [-0.05, 0) is 25.1 Å². The molecule has 0 radical (unpaired) electrons. The molecule has 0 aliphatic rings. The molecule has 2 aromatic rings. The lowest BCUT2D eigenvalue weighted by Gasteiger charge is -2.18. The number of hydrogen-bond donors (Lipinski definition) is 0. The molecule has 0 saturated heterocycles. The standard InChI is InChI=1S/C15H19N3O5S/c1-4-18(5-2)24(20,21)13-8-6-7-12(9-13)15(19)22-10-14-16-11(3)17-23-14/h6-9H,4-5,10H2,1-3H3. The van der Waals surface area contributed by atoms with Gasteiger partial charge < -0.3 is 9.26 Å². The quantitative estimate of drug-likeness (QED) is 0.699. The highest BCUT2D eigenvalue weighted by molar-refractivity contribution is 7.89. The maximum absolute atomic E-state index is 12.5. The molecule has 0 saturated carbocycles. The number of esters is 1. The highest BCUT2D eigenvalue weighted by Gasteiger charge is 2.23. The summed E-state index contributed by atoms with van der Waals surface area (Å²) < 4.78 is 36.2. The van der Waals surface area contributed by atoms with Gasteiger partial charge in [-0.3, -0.25) is 0 Å². The van der Waals surface area contributed by atoms with E-state index >= 15 is 0 Å². The Morgan fingerprint density at radius 2 is 2.00 bits per heavy atom. The summed E-state index contributed by atoms with van der Waals surface area (Å²) in [5.41, 5.74) is 0.138. The van der Waals surface area contributed by atoms with Crippen molar-refractivity contribution >= 4 is 16.0 Å². The van der Waals surface area contributed by atoms with E-state index in [0.29, 0.717) is 18.9 Å². The Morgan fingerprint density at radius 1 is 1.29 bits per heavy atom. The van der Waals surface area contributed by atoms with Crippen LogP contribution in [0.1, 0.15) is 35.9 Å². The van der Waals surface area contributed by atoms with Gasteiger partial charge in [0, 0.05) is 13.1 Å². The molecule has 2 rings (SSSR count). The summed E-state index contributed by atoms with van der Waals surface area (Å²) in [6.07, 6.45) is 0. The number of carbonyl (C=O) groups excluding carboxylic acids is 1. The molecular formula is C15H19N3O5S. The zero-order valence-electron chi connectivity index (χ0n) is 13.7. The summed E-state index contributed by atoms with van der Waals surface area (Å²) in [7, 11) is -3.64. The van der Waals surface area contributed by atoms with E-state index in [-0.39, 0.29) is 23.0 Å². The lowest BCUT2D eigenvalue weighted by Crippen LogP contribution is -2.30. The first-order valence-corrected chi connectivity index (χ1v) is 8.89. The zero-order valence-corrected chi connectivity index (χ0v) is 14.5. The molecule has 0 N–H and O–H groups in total. The number of carbonyl (C=O) groups is 1. The second-order valence-electron chi connectivity index (χ2n) is 4.93. The van der Waals surface area contributed by atoms with Gasteiger partial charge in [0.05, 0.1) is 10.5 Å². The Hall–Kier alpha value is -2.26. The van der Waals surface area contributed by atoms with E-state index in [1.54, 1.807) is 20.8 Å². The number of sulfonamides is 1. The normalized spacial score (nSPS) is 11.7. The molecule has 0 atom stereocenters. The Labute approximate surface area is 140 Å². The summed E-state index contributed by atoms with van der Waals surface area (Å²) in [6.45, 7) is 5.69. The highest BCUT2D eigenvalue weighted by atomic mass is 32.2. The number of rotatable bonds is 7. The van der Waals surface area contributed by atoms with E-state index in [0.717, 1.165) is 0 Å². The monoisotopic (exact) mass is 353 g/mol. The van der Waals surface area contributed by atoms with E-state index in [9.17, 15) is 13.2 Å². The van der Waals surface area contributed by atoms with Crippen molar-refractivity contribution in [3.05, 3.63) is 41.5 Å². The SMILES string of the molecule is CCN(CC)S(=O)(=O)c1cccc(C(=O)OCc2nc(C)no2)c1. The van der Waals surface area contributed by atoms with E-state index < -0.39 is 16.0 Å². The predicted molar refractivity (Wildman–Crippen MR) is 84.7 cm³/mol. The molecule has 1 aromatic carbocycles. The third-order valence-corrected chi connectivity index (χ3v) is 5.36. The van der Waals surface area contributed by atoms with Crippen molar-refractivity contribution in [2.45, 2.75) is 32.3 Å². The van der Waals surface area contributed by atoms with Crippen molar-refractivity contribution in [3.8, 4) is 0 Å². The number of hydrogen-bond acceptors (Lipinski definition) is 7. The average Bonchev–Trinajstić information content (AvgIpc) is 2.99. The first-order valence-electron chi connectivity index (χ1n) is 7.45. The Balaban J connectivity index is 2.16. The Morgan fingerprint density at radius 3 is 2.58 bits per heavy atom. The maximum Gasteiger partial charge on any atom is 0.338 e. The van der Waals surface area contributed by atoms with Crippen LogP contribution in [-0.2, 0) is 21.4 Å². The Kier molecular flexibility index (Phi) is 5.68. The van der Waals surface area contributed by atoms with Crippen molar-refractivity contribution in [1.29, 1.82) is 0 Å². The molecule has 24 heavy (non-hydrogen) atoms. The molecule has 0 fully saturated rings. The van der Waals surface area contributed by atoms with Crippen LogP contribution in [-0.4, -0.2) is 41.9 Å². The summed E-state index contributed by atoms with van der Waals surface area (Å²) in [4.78, 5) is 16.1. The van der Waals surface area contributed by atoms with Gasteiger partial charge >= 0.3 is 5.97 Å². The van der Waals surface area contributed by atoms with Gasteiger partial charge in [-0.15, -0.1) is 0 Å². The predicted octanol–water partition coefficient (Wildman–Crippen LogP) is 1.77. The van der Waals surface area contributed by atoms with Crippen LogP contribution in [0.5, 0.6) is 0 Å². The van der Waals surface area contributed by atoms with Crippen molar-refractivity contribution in [1.82, 2.24) is 14.4 Å². The molecule has 1 aromatic heterocycles. The van der Waals surface area contributed by atoms with E-state index in [2.05, 4.69) is 10.1 Å². The molecule has 0 amide bonds. The number of ether oxygens (including phenoxy) is 1. The lowest BCUT2D eigenvalue weighted by atomic mass is 10.2. The lowest BCUT2D eigenvalue weighted by molar-refractivity contribution is 0.0429. The van der Waals surface area contributed by atoms with Crippen LogP contribution in [0.15, 0.2) is 33.7 Å². The van der Waals surface area contributed by atoms with Crippen LogP contribution in [0.2, 0.25) is 0 Å². The molecule has 8 nitrogen and oxygen atoms in total. The van der Waals surface area contributed by atoms with E-state index in [1.807, 2.05) is 0 Å². The van der Waals surface area contributed by atoms with Gasteiger partial charge in [0.1, 0.15) is 0 Å². The van der Waals surface area contributed by atoms with E-state index in [4.69, 9.17) is 9.26 Å². The molecule has 130 valence electrons. The summed E-state index contributed by atoms with van der Waals surface area (Å²) in [5.74, 6) is -0.0522. The van der Waals surface area contributed by atoms with Crippen LogP contribution in [0.25, 0.3) is 0 Å². The van der Waals surface area contributed by atoms with Crippen molar-refractivity contribution in [3.63, 3.8) is 0 Å².